The lowest BCUT2D eigenvalue weighted by molar-refractivity contribution is -0.149. The molecule has 0 aromatic heterocycles. The van der Waals surface area contributed by atoms with Gasteiger partial charge in [-0.3, -0.25) is 0 Å². The normalized spacial score (nSPS) is 34.2. The zero-order valence-electron chi connectivity index (χ0n) is 11.8. The van der Waals surface area contributed by atoms with E-state index in [4.69, 9.17) is 14.7 Å². The molecule has 21 heavy (non-hydrogen) atoms. The van der Waals surface area contributed by atoms with E-state index in [1.54, 1.807) is 35.7 Å². The number of hydrogen-bond donors (Lipinski definition) is 0. The smallest absolute Gasteiger partial charge is 0.164 e. The molecule has 4 atom stereocenters. The summed E-state index contributed by atoms with van der Waals surface area (Å²) in [4.78, 5) is 1.05. The number of fused-ring (bicyclic) bond motifs is 1. The molecule has 1 aromatic carbocycles. The molecule has 0 saturated carbocycles. The summed E-state index contributed by atoms with van der Waals surface area (Å²) in [5.74, 6) is -0.303. The van der Waals surface area contributed by atoms with Crippen molar-refractivity contribution in [1.29, 1.82) is 5.26 Å². The third-order valence-electron chi connectivity index (χ3n) is 3.44. The van der Waals surface area contributed by atoms with Crippen LogP contribution in [0.2, 0.25) is 0 Å². The first-order chi connectivity index (χ1) is 9.98. The van der Waals surface area contributed by atoms with Crippen molar-refractivity contribution in [3.8, 4) is 6.07 Å². The number of thioether (sulfide) groups is 2. The summed E-state index contributed by atoms with van der Waals surface area (Å²) in [5, 5.41) is 8.82. The number of nitriles is 1. The number of benzene rings is 1. The van der Waals surface area contributed by atoms with Crippen LogP contribution in [0.1, 0.15) is 19.4 Å². The van der Waals surface area contributed by atoms with Crippen LogP contribution in [0.5, 0.6) is 0 Å². The third kappa shape index (κ3) is 3.21. The van der Waals surface area contributed by atoms with Crippen molar-refractivity contribution in [3.05, 3.63) is 29.8 Å². The van der Waals surface area contributed by atoms with Gasteiger partial charge in [-0.1, -0.05) is 0 Å². The second-order valence-electron chi connectivity index (χ2n) is 5.54. The fraction of sp³-hybridized carbons (Fsp3) is 0.533. The van der Waals surface area contributed by atoms with E-state index in [1.807, 2.05) is 26.0 Å². The Kier molecular flexibility index (Phi) is 4.19. The number of alkyl halides is 1. The maximum Gasteiger partial charge on any atom is 0.164 e. The molecule has 3 rings (SSSR count). The van der Waals surface area contributed by atoms with E-state index in [-0.39, 0.29) is 10.7 Å². The summed E-state index contributed by atoms with van der Waals surface area (Å²) in [5.41, 5.74) is 0.638. The van der Waals surface area contributed by atoms with Crippen LogP contribution in [0.4, 0.5) is 4.39 Å². The molecular weight excluding hydrogens is 309 g/mol. The van der Waals surface area contributed by atoms with Crippen LogP contribution < -0.4 is 0 Å². The van der Waals surface area contributed by atoms with Crippen molar-refractivity contribution >= 4 is 23.5 Å². The second kappa shape index (κ2) is 5.81. The van der Waals surface area contributed by atoms with E-state index < -0.39 is 18.1 Å². The van der Waals surface area contributed by atoms with E-state index in [1.165, 1.54) is 0 Å². The average Bonchev–Trinajstić information content (AvgIpc) is 2.79. The van der Waals surface area contributed by atoms with Crippen LogP contribution >= 0.6 is 23.5 Å². The lowest BCUT2D eigenvalue weighted by Gasteiger charge is -2.32. The lowest BCUT2D eigenvalue weighted by atomic mass is 10.1. The summed E-state index contributed by atoms with van der Waals surface area (Å²) in [6.45, 7) is 3.65. The first-order valence-corrected chi connectivity index (χ1v) is 8.69. The molecule has 0 spiro atoms. The molecular formula is C15H16FNO2S2. The second-order valence-corrected chi connectivity index (χ2v) is 8.22. The topological polar surface area (TPSA) is 42.2 Å². The van der Waals surface area contributed by atoms with Crippen LogP contribution in [0, 0.1) is 11.3 Å². The number of hydrogen-bond acceptors (Lipinski definition) is 5. The molecule has 0 amide bonds. The van der Waals surface area contributed by atoms with Gasteiger partial charge in [0.2, 0.25) is 0 Å². The van der Waals surface area contributed by atoms with Crippen molar-refractivity contribution < 1.29 is 13.9 Å². The zero-order chi connectivity index (χ0) is 15.0. The van der Waals surface area contributed by atoms with Gasteiger partial charge in [0, 0.05) is 10.6 Å². The lowest BCUT2D eigenvalue weighted by Crippen LogP contribution is -2.43. The van der Waals surface area contributed by atoms with Crippen LogP contribution in [-0.4, -0.2) is 34.5 Å². The van der Waals surface area contributed by atoms with E-state index in [9.17, 15) is 4.39 Å². The van der Waals surface area contributed by atoms with Crippen LogP contribution in [0.3, 0.4) is 0 Å². The van der Waals surface area contributed by atoms with Crippen molar-refractivity contribution in [2.45, 2.75) is 47.5 Å². The van der Waals surface area contributed by atoms with Crippen LogP contribution in [0.15, 0.2) is 29.2 Å². The van der Waals surface area contributed by atoms with Crippen LogP contribution in [-0.2, 0) is 9.47 Å². The quantitative estimate of drug-likeness (QED) is 0.831. The summed E-state index contributed by atoms with van der Waals surface area (Å²) < 4.78 is 25.7. The minimum atomic E-state index is -0.986. The highest BCUT2D eigenvalue weighted by Gasteiger charge is 2.52. The summed E-state index contributed by atoms with van der Waals surface area (Å²) in [7, 11) is 0. The van der Waals surface area contributed by atoms with Crippen LogP contribution in [0.25, 0.3) is 0 Å². The molecule has 2 aliphatic heterocycles. The minimum Gasteiger partial charge on any atom is -0.342 e. The van der Waals surface area contributed by atoms with E-state index in [2.05, 4.69) is 6.07 Å². The summed E-state index contributed by atoms with van der Waals surface area (Å²) in [6, 6.07) is 9.52. The number of rotatable bonds is 2. The molecule has 6 heteroatoms. The predicted octanol–water partition coefficient (Wildman–Crippen LogP) is 3.58. The Hall–Kier alpha value is -0.740. The SMILES string of the molecule is CC1(C)O[C@@H]2[C@@H](O1)[C@H](Sc1ccc(C#N)cc1)SC[C@H]2F. The molecule has 2 saturated heterocycles. The fourth-order valence-corrected chi connectivity index (χ4v) is 5.24. The van der Waals surface area contributed by atoms with Gasteiger partial charge in [-0.2, -0.15) is 5.26 Å². The van der Waals surface area contributed by atoms with Gasteiger partial charge in [-0.05, 0) is 38.1 Å². The highest BCUT2D eigenvalue weighted by molar-refractivity contribution is 8.17. The van der Waals surface area contributed by atoms with Gasteiger partial charge >= 0.3 is 0 Å². The molecule has 0 bridgehead atoms. The Morgan fingerprint density at radius 1 is 1.29 bits per heavy atom. The maximum absolute atomic E-state index is 14.0. The average molecular weight is 325 g/mol. The standard InChI is InChI=1S/C15H16FNO2S2/c1-15(2)18-12-11(16)8-20-14(13(12)19-15)21-10-5-3-9(7-17)4-6-10/h3-6,11-14H,8H2,1-2H3/t11-,12+,13-,14+/m1/s1. The fourth-order valence-electron chi connectivity index (χ4n) is 2.53. The molecule has 2 aliphatic rings. The van der Waals surface area contributed by atoms with Gasteiger partial charge < -0.3 is 9.47 Å². The van der Waals surface area contributed by atoms with Gasteiger partial charge in [0.1, 0.15) is 18.4 Å². The first-order valence-electron chi connectivity index (χ1n) is 6.77. The Bertz CT molecular complexity index is 558. The Morgan fingerprint density at radius 3 is 2.62 bits per heavy atom. The van der Waals surface area contributed by atoms with Gasteiger partial charge in [-0.15, -0.1) is 23.5 Å². The van der Waals surface area contributed by atoms with E-state index in [0.717, 1.165) is 4.90 Å². The third-order valence-corrected chi connectivity index (χ3v) is 6.29. The van der Waals surface area contributed by atoms with E-state index >= 15 is 0 Å². The number of ether oxygens (including phenoxy) is 2. The largest absolute Gasteiger partial charge is 0.342 e. The predicted molar refractivity (Wildman–Crippen MR) is 82.0 cm³/mol. The van der Waals surface area contributed by atoms with Gasteiger partial charge in [0.05, 0.1) is 16.2 Å². The van der Waals surface area contributed by atoms with Gasteiger partial charge in [0.15, 0.2) is 5.79 Å². The molecule has 112 valence electrons. The van der Waals surface area contributed by atoms with E-state index in [0.29, 0.717) is 11.3 Å². The highest BCUT2D eigenvalue weighted by Crippen LogP contribution is 2.46. The number of nitrogens with zero attached hydrogens (tertiary/aromatic N) is 1. The molecule has 2 heterocycles. The monoisotopic (exact) mass is 325 g/mol. The molecule has 0 unspecified atom stereocenters. The summed E-state index contributed by atoms with van der Waals surface area (Å²) in [6.07, 6.45) is -1.73. The molecule has 2 fully saturated rings. The van der Waals surface area contributed by atoms with Crippen molar-refractivity contribution in [3.63, 3.8) is 0 Å². The summed E-state index contributed by atoms with van der Waals surface area (Å²) >= 11 is 3.22. The Balaban J connectivity index is 1.74. The van der Waals surface area contributed by atoms with Crippen molar-refractivity contribution in [1.82, 2.24) is 0 Å². The molecule has 1 aromatic rings. The van der Waals surface area contributed by atoms with Crippen molar-refractivity contribution in [2.75, 3.05) is 5.75 Å². The number of halogens is 1. The molecule has 0 radical (unpaired) electrons. The van der Waals surface area contributed by atoms with Gasteiger partial charge in [-0.25, -0.2) is 4.39 Å². The molecule has 0 N–H and O–H groups in total. The highest BCUT2D eigenvalue weighted by atomic mass is 32.2. The first kappa shape index (κ1) is 15.2. The minimum absolute atomic E-state index is 0.0942. The Morgan fingerprint density at radius 2 is 1.95 bits per heavy atom. The molecule has 3 nitrogen and oxygen atoms in total. The van der Waals surface area contributed by atoms with Crippen molar-refractivity contribution in [2.24, 2.45) is 0 Å². The Labute approximate surface area is 132 Å². The zero-order valence-corrected chi connectivity index (χ0v) is 13.4. The maximum atomic E-state index is 14.0. The van der Waals surface area contributed by atoms with Gasteiger partial charge in [0.25, 0.3) is 0 Å². The molecule has 0 aliphatic carbocycles.